The van der Waals surface area contributed by atoms with E-state index in [2.05, 4.69) is 10.6 Å². The van der Waals surface area contributed by atoms with E-state index in [0.717, 1.165) is 24.2 Å². The summed E-state index contributed by atoms with van der Waals surface area (Å²) in [6.07, 6.45) is 1.50. The van der Waals surface area contributed by atoms with E-state index in [0.29, 0.717) is 24.2 Å². The zero-order valence-electron chi connectivity index (χ0n) is 17.1. The van der Waals surface area contributed by atoms with Crippen LogP contribution >= 0.6 is 0 Å². The van der Waals surface area contributed by atoms with Crippen molar-refractivity contribution >= 4 is 29.1 Å². The first-order valence-electron chi connectivity index (χ1n) is 9.83. The standard InChI is InChI=1S/C23H27N3O3/c1-23(2,3)22(29)25-18-7-4-6-17(14-18)21(28)24-15-16-9-11-19(12-10-16)26-13-5-8-20(26)27/h4,6-7,9-12,14H,5,8,13,15H2,1-3H3,(H,24,28)(H,25,29). The molecule has 1 aliphatic heterocycles. The maximum absolute atomic E-state index is 12.5. The average Bonchev–Trinajstić information content (AvgIpc) is 3.12. The molecule has 0 aromatic heterocycles. The predicted octanol–water partition coefficient (Wildman–Crippen LogP) is 3.73. The largest absolute Gasteiger partial charge is 0.348 e. The zero-order valence-corrected chi connectivity index (χ0v) is 17.1. The number of carbonyl (C=O) groups excluding carboxylic acids is 3. The molecule has 2 N–H and O–H groups in total. The second-order valence-electron chi connectivity index (χ2n) is 8.28. The van der Waals surface area contributed by atoms with Gasteiger partial charge in [-0.3, -0.25) is 14.4 Å². The third-order valence-corrected chi connectivity index (χ3v) is 4.84. The van der Waals surface area contributed by atoms with Crippen molar-refractivity contribution in [2.24, 2.45) is 5.41 Å². The van der Waals surface area contributed by atoms with E-state index in [9.17, 15) is 14.4 Å². The third-order valence-electron chi connectivity index (χ3n) is 4.84. The monoisotopic (exact) mass is 393 g/mol. The molecular weight excluding hydrogens is 366 g/mol. The van der Waals surface area contributed by atoms with E-state index in [1.54, 1.807) is 29.2 Å². The maximum Gasteiger partial charge on any atom is 0.251 e. The van der Waals surface area contributed by atoms with E-state index in [-0.39, 0.29) is 17.7 Å². The molecule has 2 aromatic rings. The Balaban J connectivity index is 1.58. The van der Waals surface area contributed by atoms with Crippen LogP contribution in [0.15, 0.2) is 48.5 Å². The molecule has 0 bridgehead atoms. The smallest absolute Gasteiger partial charge is 0.251 e. The third kappa shape index (κ3) is 5.22. The van der Waals surface area contributed by atoms with Gasteiger partial charge in [-0.25, -0.2) is 0 Å². The molecule has 0 aliphatic carbocycles. The van der Waals surface area contributed by atoms with Gasteiger partial charge < -0.3 is 15.5 Å². The van der Waals surface area contributed by atoms with Gasteiger partial charge >= 0.3 is 0 Å². The van der Waals surface area contributed by atoms with E-state index in [1.165, 1.54) is 0 Å². The van der Waals surface area contributed by atoms with Crippen LogP contribution < -0.4 is 15.5 Å². The lowest BCUT2D eigenvalue weighted by molar-refractivity contribution is -0.123. The van der Waals surface area contributed by atoms with Crippen LogP contribution in [-0.2, 0) is 16.1 Å². The molecule has 0 spiro atoms. The molecule has 1 fully saturated rings. The van der Waals surface area contributed by atoms with Crippen LogP contribution in [0.25, 0.3) is 0 Å². The summed E-state index contributed by atoms with van der Waals surface area (Å²) in [5, 5.41) is 5.73. The molecule has 1 aliphatic rings. The topological polar surface area (TPSA) is 78.5 Å². The minimum absolute atomic E-state index is 0.105. The Morgan fingerprint density at radius 3 is 2.41 bits per heavy atom. The van der Waals surface area contributed by atoms with Gasteiger partial charge in [0, 0.05) is 41.9 Å². The summed E-state index contributed by atoms with van der Waals surface area (Å²) in [4.78, 5) is 38.2. The highest BCUT2D eigenvalue weighted by Gasteiger charge is 2.22. The molecule has 3 amide bonds. The van der Waals surface area contributed by atoms with Gasteiger partial charge in [-0.1, -0.05) is 39.0 Å². The lowest BCUT2D eigenvalue weighted by Gasteiger charge is -2.18. The predicted molar refractivity (Wildman–Crippen MR) is 114 cm³/mol. The average molecular weight is 393 g/mol. The number of rotatable bonds is 5. The van der Waals surface area contributed by atoms with E-state index in [1.807, 2.05) is 45.0 Å². The second kappa shape index (κ2) is 8.47. The number of hydrogen-bond acceptors (Lipinski definition) is 3. The fourth-order valence-corrected chi connectivity index (χ4v) is 3.06. The first kappa shape index (κ1) is 20.6. The Kier molecular flexibility index (Phi) is 6.01. The van der Waals surface area contributed by atoms with Gasteiger partial charge in [0.25, 0.3) is 5.91 Å². The van der Waals surface area contributed by atoms with Crippen molar-refractivity contribution in [3.05, 3.63) is 59.7 Å². The first-order valence-corrected chi connectivity index (χ1v) is 9.83. The van der Waals surface area contributed by atoms with Crippen molar-refractivity contribution < 1.29 is 14.4 Å². The van der Waals surface area contributed by atoms with Crippen LogP contribution in [0, 0.1) is 5.41 Å². The van der Waals surface area contributed by atoms with Gasteiger partial charge in [-0.05, 0) is 42.3 Å². The number of anilines is 2. The van der Waals surface area contributed by atoms with Crippen molar-refractivity contribution in [1.82, 2.24) is 5.32 Å². The summed E-state index contributed by atoms with van der Waals surface area (Å²) < 4.78 is 0. The fraction of sp³-hybridized carbons (Fsp3) is 0.348. The molecule has 0 saturated carbocycles. The van der Waals surface area contributed by atoms with Gasteiger partial charge in [-0.15, -0.1) is 0 Å². The van der Waals surface area contributed by atoms with Crippen molar-refractivity contribution in [3.63, 3.8) is 0 Å². The molecular formula is C23H27N3O3. The Morgan fingerprint density at radius 1 is 1.07 bits per heavy atom. The van der Waals surface area contributed by atoms with Crippen LogP contribution in [0.2, 0.25) is 0 Å². The Labute approximate surface area is 171 Å². The van der Waals surface area contributed by atoms with Crippen LogP contribution in [0.1, 0.15) is 49.5 Å². The number of benzene rings is 2. The molecule has 152 valence electrons. The lowest BCUT2D eigenvalue weighted by Crippen LogP contribution is -2.28. The van der Waals surface area contributed by atoms with Crippen LogP contribution in [-0.4, -0.2) is 24.3 Å². The van der Waals surface area contributed by atoms with Crippen molar-refractivity contribution in [1.29, 1.82) is 0 Å². The summed E-state index contributed by atoms with van der Waals surface area (Å²) in [5.41, 5.74) is 2.41. The minimum atomic E-state index is -0.510. The Morgan fingerprint density at radius 2 is 1.79 bits per heavy atom. The quantitative estimate of drug-likeness (QED) is 0.812. The zero-order chi connectivity index (χ0) is 21.0. The molecule has 3 rings (SSSR count). The highest BCUT2D eigenvalue weighted by molar-refractivity contribution is 5.98. The first-order chi connectivity index (χ1) is 13.7. The van der Waals surface area contributed by atoms with Crippen LogP contribution in [0.5, 0.6) is 0 Å². The van der Waals surface area contributed by atoms with E-state index < -0.39 is 5.41 Å². The molecule has 0 radical (unpaired) electrons. The van der Waals surface area contributed by atoms with Crippen LogP contribution in [0.3, 0.4) is 0 Å². The maximum atomic E-state index is 12.5. The normalized spacial score (nSPS) is 14.0. The summed E-state index contributed by atoms with van der Waals surface area (Å²) in [5.74, 6) is -0.160. The highest BCUT2D eigenvalue weighted by Crippen LogP contribution is 2.22. The van der Waals surface area contributed by atoms with Crippen LogP contribution in [0.4, 0.5) is 11.4 Å². The van der Waals surface area contributed by atoms with E-state index >= 15 is 0 Å². The summed E-state index contributed by atoms with van der Waals surface area (Å²) in [7, 11) is 0. The summed E-state index contributed by atoms with van der Waals surface area (Å²) in [6.45, 7) is 6.65. The number of nitrogens with one attached hydrogen (secondary N) is 2. The van der Waals surface area contributed by atoms with Gasteiger partial charge in [0.05, 0.1) is 0 Å². The molecule has 0 atom stereocenters. The summed E-state index contributed by atoms with van der Waals surface area (Å²) >= 11 is 0. The SMILES string of the molecule is CC(C)(C)C(=O)Nc1cccc(C(=O)NCc2ccc(N3CCCC3=O)cc2)c1. The van der Waals surface area contributed by atoms with Gasteiger partial charge in [0.2, 0.25) is 11.8 Å². The Bertz CT molecular complexity index is 914. The number of carbonyl (C=O) groups is 3. The molecule has 6 heteroatoms. The number of nitrogens with zero attached hydrogens (tertiary/aromatic N) is 1. The Hall–Kier alpha value is -3.15. The fourth-order valence-electron chi connectivity index (χ4n) is 3.06. The number of amides is 3. The highest BCUT2D eigenvalue weighted by atomic mass is 16.2. The van der Waals surface area contributed by atoms with Gasteiger partial charge in [0.15, 0.2) is 0 Å². The van der Waals surface area contributed by atoms with E-state index in [4.69, 9.17) is 0 Å². The molecule has 6 nitrogen and oxygen atoms in total. The van der Waals surface area contributed by atoms with Crippen molar-refractivity contribution in [3.8, 4) is 0 Å². The molecule has 0 unspecified atom stereocenters. The molecule has 1 saturated heterocycles. The minimum Gasteiger partial charge on any atom is -0.348 e. The molecule has 29 heavy (non-hydrogen) atoms. The molecule has 1 heterocycles. The second-order valence-corrected chi connectivity index (χ2v) is 8.28. The number of hydrogen-bond donors (Lipinski definition) is 2. The summed E-state index contributed by atoms with van der Waals surface area (Å²) in [6, 6.07) is 14.5. The molecule has 2 aromatic carbocycles. The van der Waals surface area contributed by atoms with Crippen molar-refractivity contribution in [2.45, 2.75) is 40.2 Å². The van der Waals surface area contributed by atoms with Gasteiger partial charge in [-0.2, -0.15) is 0 Å². The lowest BCUT2D eigenvalue weighted by atomic mass is 9.95. The van der Waals surface area contributed by atoms with Gasteiger partial charge in [0.1, 0.15) is 0 Å². The van der Waals surface area contributed by atoms with Crippen molar-refractivity contribution in [2.75, 3.05) is 16.8 Å².